The average molecular weight is 604 g/mol. The molecule has 0 radical (unpaired) electrons. The molecule has 43 heavy (non-hydrogen) atoms. The van der Waals surface area contributed by atoms with Crippen LogP contribution < -0.4 is 5.32 Å². The molecule has 4 aromatic heterocycles. The first-order chi connectivity index (χ1) is 20.4. The van der Waals surface area contributed by atoms with Crippen LogP contribution in [0.25, 0.3) is 27.8 Å². The normalized spacial score (nSPS) is 21.8. The number of halogens is 4. The molecule has 0 aromatic carbocycles. The fraction of sp³-hybridized carbons (Fsp3) is 0.517. The lowest BCUT2D eigenvalue weighted by Crippen LogP contribution is -2.51. The van der Waals surface area contributed by atoms with Gasteiger partial charge in [-0.1, -0.05) is 6.07 Å². The Labute approximate surface area is 244 Å². The first-order valence-corrected chi connectivity index (χ1v) is 14.3. The van der Waals surface area contributed by atoms with Crippen LogP contribution in [0.2, 0.25) is 0 Å². The van der Waals surface area contributed by atoms with Crippen LogP contribution in [0.4, 0.5) is 28.2 Å². The number of piperidine rings is 1. The minimum Gasteiger partial charge on any atom is -0.444 e. The van der Waals surface area contributed by atoms with Crippen molar-refractivity contribution >= 4 is 28.5 Å². The Morgan fingerprint density at radius 3 is 2.67 bits per heavy atom. The SMILES string of the molecule is CC(C)(C)OC(=O)N1C[C@@H](F)C[C@H](Nc2cc(-c3nn(C4CCCCO4)c4nn5ccccc5c34)c(C(F)(F)F)cn2)C1. The quantitative estimate of drug-likeness (QED) is 0.277. The lowest BCUT2D eigenvalue weighted by atomic mass is 10.0. The zero-order valence-electron chi connectivity index (χ0n) is 24.1. The largest absolute Gasteiger partial charge is 0.444 e. The van der Waals surface area contributed by atoms with E-state index in [9.17, 15) is 22.4 Å². The van der Waals surface area contributed by atoms with Crippen molar-refractivity contribution in [3.63, 3.8) is 0 Å². The van der Waals surface area contributed by atoms with Gasteiger partial charge in [0.25, 0.3) is 0 Å². The molecule has 10 nitrogen and oxygen atoms in total. The number of ether oxygens (including phenoxy) is 2. The van der Waals surface area contributed by atoms with Gasteiger partial charge in [-0.15, -0.1) is 5.10 Å². The first kappa shape index (κ1) is 29.1. The van der Waals surface area contributed by atoms with Crippen molar-refractivity contribution < 1.29 is 31.8 Å². The molecule has 0 spiro atoms. The molecule has 230 valence electrons. The summed E-state index contributed by atoms with van der Waals surface area (Å²) in [5.74, 6) is 0.0966. The second kappa shape index (κ2) is 11.0. The molecule has 3 atom stereocenters. The van der Waals surface area contributed by atoms with E-state index in [2.05, 4.69) is 20.5 Å². The topological polar surface area (TPSA) is 98.8 Å². The maximum atomic E-state index is 14.7. The molecule has 2 aliphatic heterocycles. The maximum Gasteiger partial charge on any atom is 0.418 e. The number of carbonyl (C=O) groups excluding carboxylic acids is 1. The van der Waals surface area contributed by atoms with E-state index >= 15 is 0 Å². The summed E-state index contributed by atoms with van der Waals surface area (Å²) in [6.07, 6.45) is -2.25. The van der Waals surface area contributed by atoms with Gasteiger partial charge in [-0.25, -0.2) is 23.4 Å². The van der Waals surface area contributed by atoms with Gasteiger partial charge in [0.1, 0.15) is 23.3 Å². The van der Waals surface area contributed by atoms with Gasteiger partial charge in [0.2, 0.25) is 0 Å². The summed E-state index contributed by atoms with van der Waals surface area (Å²) in [6, 6.07) is 6.01. The number of rotatable bonds is 4. The van der Waals surface area contributed by atoms with E-state index in [1.165, 1.54) is 11.0 Å². The van der Waals surface area contributed by atoms with Gasteiger partial charge in [0.05, 0.1) is 23.0 Å². The van der Waals surface area contributed by atoms with E-state index in [-0.39, 0.29) is 36.6 Å². The second-order valence-corrected chi connectivity index (χ2v) is 12.0. The number of fused-ring (bicyclic) bond motifs is 3. The lowest BCUT2D eigenvalue weighted by molar-refractivity contribution is -0.137. The molecule has 0 saturated carbocycles. The standard InChI is InChI=1S/C29H33F4N7O3/c1-28(2,3)43-27(41)38-15-17(30)12-18(16-38)35-22-13-19(20(14-34-22)29(31,32)33)25-24-21-8-4-6-10-39(21)37-26(24)40(36-25)23-9-5-7-11-42-23/h4,6,8,10,13-14,17-18,23H,5,7,9,11-12,15-16H2,1-3H3,(H,34,35)/t17-,18-,23?/m0/s1. The van der Waals surface area contributed by atoms with Gasteiger partial charge in [0.15, 0.2) is 11.9 Å². The van der Waals surface area contributed by atoms with Crippen LogP contribution in [0.1, 0.15) is 58.2 Å². The summed E-state index contributed by atoms with van der Waals surface area (Å²) >= 11 is 0. The van der Waals surface area contributed by atoms with Crippen molar-refractivity contribution in [1.82, 2.24) is 29.3 Å². The number of hydrogen-bond donors (Lipinski definition) is 1. The summed E-state index contributed by atoms with van der Waals surface area (Å²) in [5.41, 5.74) is -0.831. The van der Waals surface area contributed by atoms with E-state index in [1.807, 2.05) is 0 Å². The molecular formula is C29H33F4N7O3. The zero-order valence-corrected chi connectivity index (χ0v) is 24.1. The number of amides is 1. The van der Waals surface area contributed by atoms with E-state index in [0.29, 0.717) is 29.6 Å². The molecule has 2 fully saturated rings. The molecule has 1 amide bonds. The van der Waals surface area contributed by atoms with Crippen molar-refractivity contribution in [3.8, 4) is 11.3 Å². The molecule has 2 saturated heterocycles. The summed E-state index contributed by atoms with van der Waals surface area (Å²) in [5, 5.41) is 12.8. The molecule has 2 aliphatic rings. The zero-order chi connectivity index (χ0) is 30.5. The van der Waals surface area contributed by atoms with Crippen LogP contribution >= 0.6 is 0 Å². The third kappa shape index (κ3) is 5.97. The molecule has 0 bridgehead atoms. The van der Waals surface area contributed by atoms with Crippen LogP contribution in [0.3, 0.4) is 0 Å². The van der Waals surface area contributed by atoms with Crippen molar-refractivity contribution in [2.75, 3.05) is 25.0 Å². The molecule has 1 unspecified atom stereocenters. The monoisotopic (exact) mass is 603 g/mol. The van der Waals surface area contributed by atoms with Gasteiger partial charge < -0.3 is 19.7 Å². The highest BCUT2D eigenvalue weighted by Gasteiger charge is 2.38. The van der Waals surface area contributed by atoms with E-state index in [1.54, 1.807) is 54.4 Å². The van der Waals surface area contributed by atoms with Gasteiger partial charge in [-0.05, 0) is 58.2 Å². The van der Waals surface area contributed by atoms with E-state index in [0.717, 1.165) is 19.0 Å². The van der Waals surface area contributed by atoms with Crippen LogP contribution in [0.15, 0.2) is 36.7 Å². The highest BCUT2D eigenvalue weighted by molar-refractivity contribution is 6.03. The fourth-order valence-corrected chi connectivity index (χ4v) is 5.67. The van der Waals surface area contributed by atoms with Gasteiger partial charge in [-0.3, -0.25) is 0 Å². The Morgan fingerprint density at radius 2 is 1.95 bits per heavy atom. The number of nitrogens with zero attached hydrogens (tertiary/aromatic N) is 6. The van der Waals surface area contributed by atoms with Gasteiger partial charge in [0, 0.05) is 43.6 Å². The molecule has 1 N–H and O–H groups in total. The van der Waals surface area contributed by atoms with Crippen molar-refractivity contribution in [2.24, 2.45) is 0 Å². The third-order valence-corrected chi connectivity index (χ3v) is 7.48. The Morgan fingerprint density at radius 1 is 1.14 bits per heavy atom. The maximum absolute atomic E-state index is 14.7. The minimum atomic E-state index is -4.73. The number of nitrogens with one attached hydrogen (secondary N) is 1. The van der Waals surface area contributed by atoms with Crippen LogP contribution in [-0.2, 0) is 15.7 Å². The summed E-state index contributed by atoms with van der Waals surface area (Å²) in [6.45, 7) is 5.63. The number of anilines is 1. The van der Waals surface area contributed by atoms with Crippen LogP contribution in [0.5, 0.6) is 0 Å². The Kier molecular flexibility index (Phi) is 7.43. The molecule has 0 aliphatic carbocycles. The van der Waals surface area contributed by atoms with Crippen molar-refractivity contribution in [3.05, 3.63) is 42.2 Å². The Hall–Kier alpha value is -3.94. The number of hydrogen-bond acceptors (Lipinski definition) is 7. The smallest absolute Gasteiger partial charge is 0.418 e. The molecule has 14 heteroatoms. The van der Waals surface area contributed by atoms with Crippen molar-refractivity contribution in [1.29, 1.82) is 0 Å². The second-order valence-electron chi connectivity index (χ2n) is 12.0. The van der Waals surface area contributed by atoms with Crippen LogP contribution in [-0.4, -0.2) is 72.9 Å². The lowest BCUT2D eigenvalue weighted by Gasteiger charge is -2.36. The molecular weight excluding hydrogens is 570 g/mol. The number of likely N-dealkylation sites (tertiary alicyclic amines) is 1. The summed E-state index contributed by atoms with van der Waals surface area (Å²) < 4.78 is 72.4. The van der Waals surface area contributed by atoms with Gasteiger partial charge >= 0.3 is 12.3 Å². The Bertz CT molecular complexity index is 1640. The predicted octanol–water partition coefficient (Wildman–Crippen LogP) is 6.22. The fourth-order valence-electron chi connectivity index (χ4n) is 5.67. The summed E-state index contributed by atoms with van der Waals surface area (Å²) in [7, 11) is 0. The molecule has 6 rings (SSSR count). The van der Waals surface area contributed by atoms with E-state index in [4.69, 9.17) is 9.47 Å². The van der Waals surface area contributed by atoms with Crippen LogP contribution in [0, 0.1) is 0 Å². The number of aromatic nitrogens is 5. The van der Waals surface area contributed by atoms with Crippen molar-refractivity contribution in [2.45, 2.75) is 76.7 Å². The highest BCUT2D eigenvalue weighted by Crippen LogP contribution is 2.42. The summed E-state index contributed by atoms with van der Waals surface area (Å²) in [4.78, 5) is 17.9. The number of carbonyl (C=O) groups is 1. The highest BCUT2D eigenvalue weighted by atomic mass is 19.4. The number of alkyl halides is 4. The predicted molar refractivity (Wildman–Crippen MR) is 150 cm³/mol. The molecule has 6 heterocycles. The third-order valence-electron chi connectivity index (χ3n) is 7.48. The van der Waals surface area contributed by atoms with Gasteiger partial charge in [-0.2, -0.15) is 18.3 Å². The minimum absolute atomic E-state index is 0.0449. The Balaban J connectivity index is 1.41. The number of pyridine rings is 2. The van der Waals surface area contributed by atoms with E-state index < -0.39 is 41.9 Å². The molecule has 4 aromatic rings. The average Bonchev–Trinajstić information content (AvgIpc) is 3.49. The first-order valence-electron chi connectivity index (χ1n) is 14.3.